The third-order valence-corrected chi connectivity index (χ3v) is 4.35. The van der Waals surface area contributed by atoms with Crippen LogP contribution in [0.2, 0.25) is 0 Å². The Bertz CT molecular complexity index is 810. The molecule has 2 aromatic rings. The van der Waals surface area contributed by atoms with Crippen LogP contribution in [0.4, 0.5) is 4.39 Å². The Hall–Kier alpha value is -2.27. The molecule has 1 aliphatic carbocycles. The van der Waals surface area contributed by atoms with Crippen LogP contribution >= 0.6 is 0 Å². The lowest BCUT2D eigenvalue weighted by molar-refractivity contribution is 0.0133. The number of hydrogen-bond donors (Lipinski definition) is 1. The smallest absolute Gasteiger partial charge is 0.251 e. The number of aliphatic hydroxyl groups excluding tert-OH is 1. The number of pyridine rings is 1. The van der Waals surface area contributed by atoms with Crippen molar-refractivity contribution in [1.29, 1.82) is 0 Å². The maximum absolute atomic E-state index is 13.7. The second-order valence-electron chi connectivity index (χ2n) is 6.12. The molecule has 0 unspecified atom stereocenters. The molecule has 0 amide bonds. The number of aliphatic hydroxyl groups is 1. The molecule has 0 spiro atoms. The second-order valence-corrected chi connectivity index (χ2v) is 6.12. The lowest BCUT2D eigenvalue weighted by atomic mass is 9.68. The van der Waals surface area contributed by atoms with Gasteiger partial charge in [0.1, 0.15) is 5.82 Å². The standard InChI is InChI=1S/C17H16FNO3/c1-17(2)15(21)11-7-6-10(18)9-12(11)14(16(17)22)19-8-4-3-5-13(19)20/h3-9,14,16,22H,1-2H3/t14-,16+/m1/s1. The highest BCUT2D eigenvalue weighted by Crippen LogP contribution is 2.42. The Morgan fingerprint density at radius 1 is 1.18 bits per heavy atom. The van der Waals surface area contributed by atoms with Gasteiger partial charge in [0.05, 0.1) is 17.6 Å². The summed E-state index contributed by atoms with van der Waals surface area (Å²) in [6, 6.07) is 7.68. The first-order valence-corrected chi connectivity index (χ1v) is 7.03. The van der Waals surface area contributed by atoms with Crippen molar-refractivity contribution < 1.29 is 14.3 Å². The summed E-state index contributed by atoms with van der Waals surface area (Å²) in [7, 11) is 0. The maximum Gasteiger partial charge on any atom is 0.251 e. The van der Waals surface area contributed by atoms with Gasteiger partial charge in [0.2, 0.25) is 0 Å². The van der Waals surface area contributed by atoms with Gasteiger partial charge < -0.3 is 9.67 Å². The molecule has 1 N–H and O–H groups in total. The fourth-order valence-electron chi connectivity index (χ4n) is 3.00. The van der Waals surface area contributed by atoms with Crippen LogP contribution in [0.25, 0.3) is 0 Å². The topological polar surface area (TPSA) is 59.3 Å². The van der Waals surface area contributed by atoms with Crippen LogP contribution in [0.5, 0.6) is 0 Å². The number of rotatable bonds is 1. The van der Waals surface area contributed by atoms with E-state index in [1.807, 2.05) is 0 Å². The van der Waals surface area contributed by atoms with Crippen molar-refractivity contribution >= 4 is 5.78 Å². The summed E-state index contributed by atoms with van der Waals surface area (Å²) in [6.45, 7) is 3.26. The summed E-state index contributed by atoms with van der Waals surface area (Å²) in [6.07, 6.45) is 0.408. The lowest BCUT2D eigenvalue weighted by Crippen LogP contribution is -2.49. The Morgan fingerprint density at radius 3 is 2.59 bits per heavy atom. The van der Waals surface area contributed by atoms with Crippen LogP contribution in [-0.4, -0.2) is 21.6 Å². The number of nitrogens with zero attached hydrogens (tertiary/aromatic N) is 1. The van der Waals surface area contributed by atoms with Crippen LogP contribution < -0.4 is 5.56 Å². The van der Waals surface area contributed by atoms with Crippen molar-refractivity contribution in [3.8, 4) is 0 Å². The molecule has 0 saturated heterocycles. The number of Topliss-reactive ketones (excluding diaryl/α,β-unsaturated/α-hetero) is 1. The van der Waals surface area contributed by atoms with Gasteiger partial charge in [0.25, 0.3) is 5.56 Å². The molecular weight excluding hydrogens is 285 g/mol. The molecule has 0 fully saturated rings. The fourth-order valence-corrected chi connectivity index (χ4v) is 3.00. The summed E-state index contributed by atoms with van der Waals surface area (Å²) in [5, 5.41) is 10.7. The molecule has 22 heavy (non-hydrogen) atoms. The predicted molar refractivity (Wildman–Crippen MR) is 79.4 cm³/mol. The van der Waals surface area contributed by atoms with Gasteiger partial charge in [-0.2, -0.15) is 0 Å². The molecular formula is C17H16FNO3. The molecule has 1 heterocycles. The number of ketones is 1. The zero-order valence-corrected chi connectivity index (χ0v) is 12.3. The molecule has 0 bridgehead atoms. The zero-order valence-electron chi connectivity index (χ0n) is 12.3. The third kappa shape index (κ3) is 2.01. The quantitative estimate of drug-likeness (QED) is 0.878. The van der Waals surface area contributed by atoms with Crippen molar-refractivity contribution in [3.05, 3.63) is 69.9 Å². The molecule has 4 nitrogen and oxygen atoms in total. The molecule has 0 saturated carbocycles. The molecule has 0 aliphatic heterocycles. The Morgan fingerprint density at radius 2 is 1.91 bits per heavy atom. The van der Waals surface area contributed by atoms with Gasteiger partial charge in [0, 0.05) is 17.8 Å². The number of aromatic nitrogens is 1. The van der Waals surface area contributed by atoms with Crippen LogP contribution in [0, 0.1) is 11.2 Å². The largest absolute Gasteiger partial charge is 0.390 e. The van der Waals surface area contributed by atoms with E-state index in [2.05, 4.69) is 0 Å². The molecule has 1 aliphatic rings. The first kappa shape index (κ1) is 14.7. The van der Waals surface area contributed by atoms with Crippen LogP contribution in [0.15, 0.2) is 47.4 Å². The first-order chi connectivity index (χ1) is 10.3. The summed E-state index contributed by atoms with van der Waals surface area (Å²) < 4.78 is 15.0. The Kier molecular flexibility index (Phi) is 3.25. The van der Waals surface area contributed by atoms with E-state index in [1.165, 1.54) is 35.0 Å². The number of benzene rings is 1. The maximum atomic E-state index is 13.7. The highest BCUT2D eigenvalue weighted by atomic mass is 19.1. The zero-order chi connectivity index (χ0) is 16.1. The van der Waals surface area contributed by atoms with E-state index >= 15 is 0 Å². The molecule has 3 rings (SSSR count). The van der Waals surface area contributed by atoms with E-state index in [4.69, 9.17) is 0 Å². The Labute approximate surface area is 126 Å². The number of carbonyl (C=O) groups is 1. The van der Waals surface area contributed by atoms with E-state index < -0.39 is 23.4 Å². The number of halogens is 1. The summed E-state index contributed by atoms with van der Waals surface area (Å²) in [5.74, 6) is -0.761. The molecule has 0 radical (unpaired) electrons. The molecule has 5 heteroatoms. The molecule has 1 aromatic carbocycles. The van der Waals surface area contributed by atoms with Crippen molar-refractivity contribution in [3.63, 3.8) is 0 Å². The van der Waals surface area contributed by atoms with Gasteiger partial charge >= 0.3 is 0 Å². The van der Waals surface area contributed by atoms with E-state index in [0.717, 1.165) is 0 Å². The van der Waals surface area contributed by atoms with Gasteiger partial charge in [-0.05, 0) is 43.7 Å². The highest BCUT2D eigenvalue weighted by Gasteiger charge is 2.48. The van der Waals surface area contributed by atoms with Crippen molar-refractivity contribution in [1.82, 2.24) is 4.57 Å². The fraction of sp³-hybridized carbons (Fsp3) is 0.294. The number of carbonyl (C=O) groups excluding carboxylic acids is 1. The predicted octanol–water partition coefficient (Wildman–Crippen LogP) is 2.16. The average Bonchev–Trinajstić information content (AvgIpc) is 2.47. The highest BCUT2D eigenvalue weighted by molar-refractivity contribution is 6.03. The van der Waals surface area contributed by atoms with Crippen molar-refractivity contribution in [2.24, 2.45) is 5.41 Å². The van der Waals surface area contributed by atoms with Gasteiger partial charge in [-0.25, -0.2) is 4.39 Å². The molecule has 114 valence electrons. The molecule has 2 atom stereocenters. The van der Waals surface area contributed by atoms with E-state index in [-0.39, 0.29) is 11.3 Å². The summed E-state index contributed by atoms with van der Waals surface area (Å²) in [5.41, 5.74) is -0.695. The lowest BCUT2D eigenvalue weighted by Gasteiger charge is -2.41. The average molecular weight is 301 g/mol. The van der Waals surface area contributed by atoms with Crippen LogP contribution in [-0.2, 0) is 0 Å². The summed E-state index contributed by atoms with van der Waals surface area (Å²) in [4.78, 5) is 24.7. The van der Waals surface area contributed by atoms with Crippen LogP contribution in [0.1, 0.15) is 35.8 Å². The minimum Gasteiger partial charge on any atom is -0.390 e. The minimum absolute atomic E-state index is 0.254. The normalized spacial score (nSPS) is 23.2. The van der Waals surface area contributed by atoms with Crippen molar-refractivity contribution in [2.45, 2.75) is 26.0 Å². The van der Waals surface area contributed by atoms with E-state index in [1.54, 1.807) is 26.0 Å². The van der Waals surface area contributed by atoms with Gasteiger partial charge in [-0.3, -0.25) is 9.59 Å². The Balaban J connectivity index is 2.32. The van der Waals surface area contributed by atoms with Crippen molar-refractivity contribution in [2.75, 3.05) is 0 Å². The van der Waals surface area contributed by atoms with Gasteiger partial charge in [-0.15, -0.1) is 0 Å². The van der Waals surface area contributed by atoms with Gasteiger partial charge in [0.15, 0.2) is 5.78 Å². The minimum atomic E-state index is -1.13. The monoisotopic (exact) mass is 301 g/mol. The first-order valence-electron chi connectivity index (χ1n) is 7.03. The number of fused-ring (bicyclic) bond motifs is 1. The van der Waals surface area contributed by atoms with E-state index in [0.29, 0.717) is 11.1 Å². The SMILES string of the molecule is CC1(C)C(=O)c2ccc(F)cc2[C@@H](n2ccccc2=O)[C@@H]1O. The van der Waals surface area contributed by atoms with Crippen LogP contribution in [0.3, 0.4) is 0 Å². The molecule has 1 aromatic heterocycles. The van der Waals surface area contributed by atoms with Gasteiger partial charge in [-0.1, -0.05) is 6.07 Å². The second kappa shape index (κ2) is 4.88. The summed E-state index contributed by atoms with van der Waals surface area (Å²) >= 11 is 0. The van der Waals surface area contributed by atoms with E-state index in [9.17, 15) is 19.1 Å². The third-order valence-electron chi connectivity index (χ3n) is 4.35. The number of hydrogen-bond acceptors (Lipinski definition) is 3.